The van der Waals surface area contributed by atoms with Crippen LogP contribution in [0.1, 0.15) is 46.2 Å². The highest BCUT2D eigenvalue weighted by Gasteiger charge is 2.45. The van der Waals surface area contributed by atoms with E-state index in [4.69, 9.17) is 0 Å². The van der Waals surface area contributed by atoms with Gasteiger partial charge in [0.15, 0.2) is 0 Å². The second-order valence-corrected chi connectivity index (χ2v) is 16.3. The summed E-state index contributed by atoms with van der Waals surface area (Å²) in [5, 5.41) is 2.58. The third kappa shape index (κ3) is 5.49. The number of benzene rings is 8. The summed E-state index contributed by atoms with van der Waals surface area (Å²) >= 11 is 0. The molecule has 3 nitrogen and oxygen atoms in total. The fraction of sp³-hybridized carbons (Fsp3) is 0.127. The molecule has 2 aliphatic rings. The molecule has 1 heterocycles. The average Bonchev–Trinajstić information content (AvgIpc) is 3.94. The Morgan fingerprint density at radius 3 is 1.43 bits per heavy atom. The van der Waals surface area contributed by atoms with Crippen LogP contribution in [0.2, 0.25) is 0 Å². The Morgan fingerprint density at radius 1 is 0.431 bits per heavy atom. The van der Waals surface area contributed by atoms with Gasteiger partial charge in [-0.3, -0.25) is 0 Å². The SMILES string of the molecule is Cc1cc(C)c2c3cc(N(c4ccccc4)c4ccc5c(c4)[C@]4(CCc6ccc(N(c7ccccc7)c7ccccc7)cc64)CC5)ccc3n(-c3ccccc3)c2c1. The zero-order valence-corrected chi connectivity index (χ0v) is 33.1. The van der Waals surface area contributed by atoms with Crippen molar-refractivity contribution in [3.05, 3.63) is 221 Å². The molecule has 0 unspecified atom stereocenters. The van der Waals surface area contributed by atoms with Crippen LogP contribution < -0.4 is 9.80 Å². The smallest absolute Gasteiger partial charge is 0.0546 e. The molecular weight excluding hydrogens is 703 g/mol. The number of nitrogens with zero attached hydrogens (tertiary/aromatic N) is 3. The molecule has 0 aliphatic heterocycles. The van der Waals surface area contributed by atoms with Gasteiger partial charge in [0.2, 0.25) is 0 Å². The Morgan fingerprint density at radius 2 is 0.897 bits per heavy atom. The molecule has 2 aliphatic carbocycles. The molecule has 8 aromatic carbocycles. The van der Waals surface area contributed by atoms with Gasteiger partial charge in [0, 0.05) is 56.0 Å². The molecule has 9 aromatic rings. The van der Waals surface area contributed by atoms with Crippen LogP contribution in [-0.4, -0.2) is 4.57 Å². The normalized spacial score (nSPS) is 15.6. The van der Waals surface area contributed by atoms with Crippen molar-refractivity contribution in [1.82, 2.24) is 4.57 Å². The molecule has 280 valence electrons. The standard InChI is InChI=1S/C55H45N3/c1-38-33-39(2)54-49-35-46(27-28-52(49)58(53(54)34-38)45-21-13-6-14-22-45)57(44-19-11-5-12-20-44)48-26-24-41-30-32-55(51(41)37-48)31-29-40-23-25-47(36-50(40)55)56(42-15-7-3-8-16-42)43-17-9-4-10-18-43/h3-28,33-37H,29-32H2,1-2H3/t55-/m1/s1. The van der Waals surface area contributed by atoms with Crippen molar-refractivity contribution in [2.24, 2.45) is 0 Å². The van der Waals surface area contributed by atoms with Gasteiger partial charge in [-0.1, -0.05) is 91.0 Å². The molecule has 1 spiro atoms. The number of hydrogen-bond acceptors (Lipinski definition) is 2. The average molecular weight is 748 g/mol. The lowest BCUT2D eigenvalue weighted by Crippen LogP contribution is -2.22. The van der Waals surface area contributed by atoms with Gasteiger partial charge in [0.1, 0.15) is 0 Å². The number of hydrogen-bond donors (Lipinski definition) is 0. The van der Waals surface area contributed by atoms with Crippen LogP contribution in [-0.2, 0) is 18.3 Å². The summed E-state index contributed by atoms with van der Waals surface area (Å²) in [6.07, 6.45) is 4.45. The second kappa shape index (κ2) is 13.7. The highest BCUT2D eigenvalue weighted by atomic mass is 15.1. The van der Waals surface area contributed by atoms with Crippen molar-refractivity contribution < 1.29 is 0 Å². The van der Waals surface area contributed by atoms with E-state index < -0.39 is 0 Å². The molecule has 3 heteroatoms. The number of para-hydroxylation sites is 4. The maximum atomic E-state index is 2.54. The van der Waals surface area contributed by atoms with Crippen LogP contribution in [0.4, 0.5) is 34.1 Å². The number of anilines is 6. The highest BCUT2D eigenvalue weighted by molar-refractivity contribution is 6.12. The summed E-state index contributed by atoms with van der Waals surface area (Å²) in [7, 11) is 0. The number of rotatable bonds is 7. The van der Waals surface area contributed by atoms with E-state index in [-0.39, 0.29) is 5.41 Å². The van der Waals surface area contributed by atoms with Crippen molar-refractivity contribution in [3.63, 3.8) is 0 Å². The first-order valence-corrected chi connectivity index (χ1v) is 20.7. The second-order valence-electron chi connectivity index (χ2n) is 16.3. The van der Waals surface area contributed by atoms with Gasteiger partial charge in [-0.05, 0) is 170 Å². The maximum Gasteiger partial charge on any atom is 0.0546 e. The minimum atomic E-state index is -0.0277. The van der Waals surface area contributed by atoms with E-state index in [1.165, 1.54) is 83.6 Å². The third-order valence-electron chi connectivity index (χ3n) is 12.9. The lowest BCUT2D eigenvalue weighted by atomic mass is 9.76. The van der Waals surface area contributed by atoms with Gasteiger partial charge in [0.05, 0.1) is 11.0 Å². The van der Waals surface area contributed by atoms with E-state index in [1.807, 2.05) is 0 Å². The minimum Gasteiger partial charge on any atom is -0.310 e. The molecule has 0 saturated carbocycles. The van der Waals surface area contributed by atoms with Crippen molar-refractivity contribution in [3.8, 4) is 5.69 Å². The molecular formula is C55H45N3. The molecule has 11 rings (SSSR count). The first kappa shape index (κ1) is 34.4. The van der Waals surface area contributed by atoms with Crippen molar-refractivity contribution in [2.75, 3.05) is 9.80 Å². The topological polar surface area (TPSA) is 11.4 Å². The van der Waals surface area contributed by atoms with Crippen molar-refractivity contribution in [2.45, 2.75) is 44.9 Å². The fourth-order valence-electron chi connectivity index (χ4n) is 10.4. The summed E-state index contributed by atoms with van der Waals surface area (Å²) < 4.78 is 2.43. The predicted molar refractivity (Wildman–Crippen MR) is 243 cm³/mol. The van der Waals surface area contributed by atoms with Gasteiger partial charge >= 0.3 is 0 Å². The third-order valence-corrected chi connectivity index (χ3v) is 12.9. The quantitative estimate of drug-likeness (QED) is 0.161. The van der Waals surface area contributed by atoms with E-state index in [9.17, 15) is 0 Å². The highest BCUT2D eigenvalue weighted by Crippen LogP contribution is 2.55. The summed E-state index contributed by atoms with van der Waals surface area (Å²) in [6, 6.07) is 69.6. The molecule has 0 radical (unpaired) electrons. The molecule has 1 aromatic heterocycles. The first-order chi connectivity index (χ1) is 28.6. The van der Waals surface area contributed by atoms with E-state index in [0.29, 0.717) is 0 Å². The van der Waals surface area contributed by atoms with Crippen LogP contribution in [0, 0.1) is 13.8 Å². The van der Waals surface area contributed by atoms with Crippen LogP contribution in [0.25, 0.3) is 27.5 Å². The van der Waals surface area contributed by atoms with Gasteiger partial charge < -0.3 is 14.4 Å². The number of aromatic nitrogens is 1. The Labute approximate surface area is 341 Å². The lowest BCUT2D eigenvalue weighted by molar-refractivity contribution is 0.507. The lowest BCUT2D eigenvalue weighted by Gasteiger charge is -2.31. The predicted octanol–water partition coefficient (Wildman–Crippen LogP) is 14.5. The van der Waals surface area contributed by atoms with Gasteiger partial charge in [-0.15, -0.1) is 0 Å². The zero-order valence-electron chi connectivity index (χ0n) is 33.1. The monoisotopic (exact) mass is 747 g/mol. The van der Waals surface area contributed by atoms with Crippen LogP contribution in [0.3, 0.4) is 0 Å². The van der Waals surface area contributed by atoms with Crippen molar-refractivity contribution in [1.29, 1.82) is 0 Å². The maximum absolute atomic E-state index is 2.54. The number of aryl methyl sites for hydroxylation is 4. The molecule has 0 N–H and O–H groups in total. The molecule has 0 bridgehead atoms. The van der Waals surface area contributed by atoms with Crippen LogP contribution in [0.5, 0.6) is 0 Å². The Balaban J connectivity index is 1.06. The summed E-state index contributed by atoms with van der Waals surface area (Å²) in [4.78, 5) is 4.88. The Hall–Kier alpha value is -6.84. The van der Waals surface area contributed by atoms with Gasteiger partial charge in [-0.2, -0.15) is 0 Å². The van der Waals surface area contributed by atoms with E-state index in [0.717, 1.165) is 37.1 Å². The van der Waals surface area contributed by atoms with Gasteiger partial charge in [0.25, 0.3) is 0 Å². The van der Waals surface area contributed by atoms with E-state index >= 15 is 0 Å². The fourth-order valence-corrected chi connectivity index (χ4v) is 10.4. The molecule has 0 fully saturated rings. The largest absolute Gasteiger partial charge is 0.310 e. The number of fused-ring (bicyclic) bond motifs is 7. The van der Waals surface area contributed by atoms with E-state index in [1.54, 1.807) is 0 Å². The van der Waals surface area contributed by atoms with Crippen LogP contribution in [0.15, 0.2) is 188 Å². The Bertz CT molecular complexity index is 2920. The molecule has 1 atom stereocenters. The van der Waals surface area contributed by atoms with E-state index in [2.05, 4.69) is 216 Å². The molecule has 0 saturated heterocycles. The summed E-state index contributed by atoms with van der Waals surface area (Å²) in [5.74, 6) is 0. The van der Waals surface area contributed by atoms with Crippen LogP contribution >= 0.6 is 0 Å². The zero-order chi connectivity index (χ0) is 38.8. The summed E-state index contributed by atoms with van der Waals surface area (Å²) in [6.45, 7) is 4.46. The molecule has 0 amide bonds. The first-order valence-electron chi connectivity index (χ1n) is 20.7. The minimum absolute atomic E-state index is 0.0277. The Kier molecular flexibility index (Phi) is 8.11. The summed E-state index contributed by atoms with van der Waals surface area (Å²) in [5.41, 5.74) is 19.2. The molecule has 58 heavy (non-hydrogen) atoms. The van der Waals surface area contributed by atoms with Crippen molar-refractivity contribution >= 4 is 55.9 Å². The van der Waals surface area contributed by atoms with Gasteiger partial charge in [-0.25, -0.2) is 0 Å².